The van der Waals surface area contributed by atoms with Gasteiger partial charge >= 0.3 is 0 Å². The maximum Gasteiger partial charge on any atom is 0.258 e. The summed E-state index contributed by atoms with van der Waals surface area (Å²) in [5.41, 5.74) is 0.993. The molecule has 1 aromatic heterocycles. The van der Waals surface area contributed by atoms with Crippen molar-refractivity contribution in [3.8, 4) is 5.75 Å². The number of rotatable bonds is 9. The van der Waals surface area contributed by atoms with E-state index >= 15 is 0 Å². The summed E-state index contributed by atoms with van der Waals surface area (Å²) in [6, 6.07) is 6.16. The maximum absolute atomic E-state index is 12.6. The van der Waals surface area contributed by atoms with Gasteiger partial charge in [0.25, 0.3) is 5.91 Å². The van der Waals surface area contributed by atoms with Crippen LogP contribution in [0.1, 0.15) is 32.6 Å². The summed E-state index contributed by atoms with van der Waals surface area (Å²) in [4.78, 5) is 32.1. The largest absolute Gasteiger partial charge is 0.497 e. The fourth-order valence-corrected chi connectivity index (χ4v) is 5.65. The molecular formula is C22H31N3O4S2. The van der Waals surface area contributed by atoms with Gasteiger partial charge in [0.1, 0.15) is 5.75 Å². The minimum Gasteiger partial charge on any atom is -0.497 e. The lowest BCUT2D eigenvalue weighted by Crippen LogP contribution is -2.44. The van der Waals surface area contributed by atoms with Gasteiger partial charge < -0.3 is 18.9 Å². The highest BCUT2D eigenvalue weighted by Crippen LogP contribution is 2.23. The summed E-state index contributed by atoms with van der Waals surface area (Å²) in [6.45, 7) is 4.09. The van der Waals surface area contributed by atoms with Gasteiger partial charge in [-0.15, -0.1) is 11.8 Å². The lowest BCUT2D eigenvalue weighted by Gasteiger charge is -2.35. The van der Waals surface area contributed by atoms with Gasteiger partial charge in [-0.1, -0.05) is 18.3 Å². The van der Waals surface area contributed by atoms with Crippen LogP contribution in [-0.4, -0.2) is 66.2 Å². The summed E-state index contributed by atoms with van der Waals surface area (Å²) in [5, 5.41) is 0. The van der Waals surface area contributed by atoms with Crippen molar-refractivity contribution >= 4 is 45.1 Å². The van der Waals surface area contributed by atoms with E-state index in [2.05, 4.69) is 11.9 Å². The van der Waals surface area contributed by atoms with E-state index in [9.17, 15) is 9.59 Å². The van der Waals surface area contributed by atoms with Crippen LogP contribution in [0.3, 0.4) is 0 Å². The smallest absolute Gasteiger partial charge is 0.258 e. The van der Waals surface area contributed by atoms with E-state index in [1.54, 1.807) is 14.2 Å². The first-order valence-corrected chi connectivity index (χ1v) is 12.7. The van der Waals surface area contributed by atoms with E-state index in [4.69, 9.17) is 9.47 Å². The molecule has 170 valence electrons. The van der Waals surface area contributed by atoms with Crippen molar-refractivity contribution in [2.24, 2.45) is 4.99 Å². The third kappa shape index (κ3) is 6.11. The van der Waals surface area contributed by atoms with Crippen LogP contribution in [0.2, 0.25) is 0 Å². The Morgan fingerprint density at radius 2 is 2.10 bits per heavy atom. The second kappa shape index (κ2) is 11.7. The van der Waals surface area contributed by atoms with E-state index in [1.807, 2.05) is 27.7 Å². The number of amides is 2. The molecule has 7 nitrogen and oxygen atoms in total. The molecule has 1 aromatic carbocycles. The number of hydrogen-bond donors (Lipinski definition) is 0. The average Bonchev–Trinajstić information content (AvgIpc) is 3.13. The fraction of sp³-hybridized carbons (Fsp3) is 0.591. The molecule has 1 aliphatic rings. The van der Waals surface area contributed by atoms with Crippen molar-refractivity contribution in [2.45, 2.75) is 45.2 Å². The lowest BCUT2D eigenvalue weighted by molar-refractivity contribution is -0.132. The number of methoxy groups -OCH3 is 2. The Balaban J connectivity index is 1.67. The predicted molar refractivity (Wildman–Crippen MR) is 126 cm³/mol. The van der Waals surface area contributed by atoms with E-state index in [0.717, 1.165) is 41.8 Å². The normalized spacial score (nSPS) is 17.3. The monoisotopic (exact) mass is 465 g/mol. The fourth-order valence-electron chi connectivity index (χ4n) is 3.87. The Kier molecular flexibility index (Phi) is 8.98. The number of nitrogens with zero attached hydrogens (tertiary/aromatic N) is 3. The molecule has 1 aliphatic heterocycles. The van der Waals surface area contributed by atoms with Gasteiger partial charge in [0.15, 0.2) is 4.80 Å². The number of thiazole rings is 1. The molecule has 2 aromatic rings. The van der Waals surface area contributed by atoms with Crippen LogP contribution in [0.4, 0.5) is 0 Å². The van der Waals surface area contributed by atoms with Crippen LogP contribution in [0.25, 0.3) is 10.2 Å². The number of hydrogen-bond acceptors (Lipinski definition) is 6. The summed E-state index contributed by atoms with van der Waals surface area (Å²) in [6.07, 6.45) is 4.33. The number of likely N-dealkylation sites (tertiary alicyclic amines) is 1. The highest BCUT2D eigenvalue weighted by Gasteiger charge is 2.25. The van der Waals surface area contributed by atoms with E-state index < -0.39 is 0 Å². The first kappa shape index (κ1) is 23.8. The van der Waals surface area contributed by atoms with Gasteiger partial charge in [0.2, 0.25) is 5.91 Å². The molecule has 9 heteroatoms. The first-order valence-electron chi connectivity index (χ1n) is 10.7. The zero-order chi connectivity index (χ0) is 22.2. The summed E-state index contributed by atoms with van der Waals surface area (Å²) >= 11 is 2.80. The summed E-state index contributed by atoms with van der Waals surface area (Å²) in [5.74, 6) is 1.19. The Hall–Kier alpha value is -1.84. The van der Waals surface area contributed by atoms with E-state index in [1.165, 1.54) is 29.5 Å². The van der Waals surface area contributed by atoms with Gasteiger partial charge in [0, 0.05) is 26.2 Å². The zero-order valence-corrected chi connectivity index (χ0v) is 20.1. The Labute approximate surface area is 191 Å². The lowest BCUT2D eigenvalue weighted by atomic mass is 10.0. The molecular weight excluding hydrogens is 434 g/mol. The second-order valence-corrected chi connectivity index (χ2v) is 9.50. The highest BCUT2D eigenvalue weighted by atomic mass is 32.2. The molecule has 3 rings (SSSR count). The van der Waals surface area contributed by atoms with Gasteiger partial charge in [-0.25, -0.2) is 0 Å². The number of thioether (sulfide) groups is 1. The third-order valence-corrected chi connectivity index (χ3v) is 7.44. The van der Waals surface area contributed by atoms with Crippen LogP contribution < -0.4 is 9.54 Å². The quantitative estimate of drug-likeness (QED) is 0.568. The topological polar surface area (TPSA) is 73.1 Å². The molecule has 1 atom stereocenters. The van der Waals surface area contributed by atoms with Crippen LogP contribution >= 0.6 is 23.1 Å². The molecule has 2 amide bonds. The van der Waals surface area contributed by atoms with E-state index in [0.29, 0.717) is 29.7 Å². The van der Waals surface area contributed by atoms with E-state index in [-0.39, 0.29) is 17.6 Å². The predicted octanol–water partition coefficient (Wildman–Crippen LogP) is 3.31. The molecule has 0 spiro atoms. The Bertz CT molecular complexity index is 969. The van der Waals surface area contributed by atoms with Gasteiger partial charge in [0.05, 0.1) is 35.4 Å². The van der Waals surface area contributed by atoms with Crippen molar-refractivity contribution in [1.29, 1.82) is 0 Å². The average molecular weight is 466 g/mol. The standard InChI is InChI=1S/C22H31N3O4S2/c1-4-16-7-5-6-10-24(16)21(27)15-30-14-20(26)23-22-25(11-12-28-2)18-9-8-17(29-3)13-19(18)31-22/h8-9,13,16H,4-7,10-12,14-15H2,1-3H3. The number of piperidine rings is 1. The molecule has 1 unspecified atom stereocenters. The molecule has 1 fully saturated rings. The number of benzene rings is 1. The zero-order valence-electron chi connectivity index (χ0n) is 18.5. The van der Waals surface area contributed by atoms with Gasteiger partial charge in [-0.2, -0.15) is 4.99 Å². The summed E-state index contributed by atoms with van der Waals surface area (Å²) < 4.78 is 13.5. The second-order valence-electron chi connectivity index (χ2n) is 7.51. The van der Waals surface area contributed by atoms with Crippen molar-refractivity contribution < 1.29 is 19.1 Å². The molecule has 0 aliphatic carbocycles. The SMILES string of the molecule is CCC1CCCCN1C(=O)CSCC(=O)N=c1sc2cc(OC)ccc2n1CCOC. The van der Waals surface area contributed by atoms with Crippen LogP contribution in [0.5, 0.6) is 5.75 Å². The first-order chi connectivity index (χ1) is 15.1. The van der Waals surface area contributed by atoms with Crippen molar-refractivity contribution in [1.82, 2.24) is 9.47 Å². The number of carbonyl (C=O) groups excluding carboxylic acids is 2. The molecule has 1 saturated heterocycles. The maximum atomic E-state index is 12.6. The minimum absolute atomic E-state index is 0.133. The van der Waals surface area contributed by atoms with Crippen LogP contribution in [0, 0.1) is 0 Å². The number of aromatic nitrogens is 1. The molecule has 31 heavy (non-hydrogen) atoms. The number of ether oxygens (including phenoxy) is 2. The Morgan fingerprint density at radius 3 is 2.84 bits per heavy atom. The Morgan fingerprint density at radius 1 is 1.26 bits per heavy atom. The van der Waals surface area contributed by atoms with Gasteiger partial charge in [-0.3, -0.25) is 9.59 Å². The highest BCUT2D eigenvalue weighted by molar-refractivity contribution is 8.00. The van der Waals surface area contributed by atoms with Gasteiger partial charge in [-0.05, 0) is 43.9 Å². The molecule has 0 N–H and O–H groups in total. The van der Waals surface area contributed by atoms with Crippen LogP contribution in [0.15, 0.2) is 23.2 Å². The third-order valence-electron chi connectivity index (χ3n) is 5.50. The van der Waals surface area contributed by atoms with Crippen LogP contribution in [-0.2, 0) is 20.9 Å². The molecule has 2 heterocycles. The summed E-state index contributed by atoms with van der Waals surface area (Å²) in [7, 11) is 3.28. The molecule has 0 bridgehead atoms. The van der Waals surface area contributed by atoms with Crippen molar-refractivity contribution in [3.05, 3.63) is 23.0 Å². The number of carbonyl (C=O) groups is 2. The molecule has 0 saturated carbocycles. The minimum atomic E-state index is -0.229. The molecule has 0 radical (unpaired) electrons. The number of fused-ring (bicyclic) bond motifs is 1. The van der Waals surface area contributed by atoms with Crippen molar-refractivity contribution in [3.63, 3.8) is 0 Å². The van der Waals surface area contributed by atoms with Crippen molar-refractivity contribution in [2.75, 3.05) is 38.9 Å².